The number of likely N-dealkylation sites (N-methyl/N-ethyl adjacent to an activating group) is 1. The van der Waals surface area contributed by atoms with E-state index < -0.39 is 0 Å². The van der Waals surface area contributed by atoms with Gasteiger partial charge in [-0.25, -0.2) is 0 Å². The molecule has 3 nitrogen and oxygen atoms in total. The fraction of sp³-hybridized carbons (Fsp3) is 0.250. The maximum Gasteiger partial charge on any atom is 0.131 e. The van der Waals surface area contributed by atoms with E-state index in [1.165, 1.54) is 0 Å². The van der Waals surface area contributed by atoms with E-state index >= 15 is 0 Å². The Morgan fingerprint density at radius 2 is 2.12 bits per heavy atom. The molecule has 0 unspecified atom stereocenters. The highest BCUT2D eigenvalue weighted by Gasteiger charge is 2.11. The van der Waals surface area contributed by atoms with Crippen molar-refractivity contribution in [1.82, 2.24) is 10.5 Å². The summed E-state index contributed by atoms with van der Waals surface area (Å²) in [5.74, 6) is 0. The summed E-state index contributed by atoms with van der Waals surface area (Å²) in [4.78, 5) is 0. The molecule has 0 amide bonds. The number of nitrogens with one attached hydrogen (secondary N) is 1. The molecule has 0 aliphatic heterocycles. The Kier molecular flexibility index (Phi) is 3.59. The second kappa shape index (κ2) is 5.14. The minimum atomic E-state index is 0.719. The Labute approximate surface area is 99.4 Å². The van der Waals surface area contributed by atoms with Gasteiger partial charge in [0.1, 0.15) is 6.26 Å². The van der Waals surface area contributed by atoms with Crippen LogP contribution in [0, 0.1) is 0 Å². The molecule has 0 bridgehead atoms. The van der Waals surface area contributed by atoms with Gasteiger partial charge in [0, 0.05) is 29.1 Å². The fourth-order valence-electron chi connectivity index (χ4n) is 1.58. The van der Waals surface area contributed by atoms with Gasteiger partial charge in [-0.15, -0.1) is 0 Å². The van der Waals surface area contributed by atoms with Crippen molar-refractivity contribution in [3.05, 3.63) is 41.2 Å². The van der Waals surface area contributed by atoms with Crippen molar-refractivity contribution in [3.8, 4) is 11.1 Å². The Hall–Kier alpha value is -1.32. The molecule has 1 aromatic carbocycles. The van der Waals surface area contributed by atoms with Gasteiger partial charge in [0.05, 0.1) is 5.69 Å². The zero-order valence-electron chi connectivity index (χ0n) is 9.03. The molecular formula is C12H13ClN2O. The molecule has 84 valence electrons. The summed E-state index contributed by atoms with van der Waals surface area (Å²) in [6.45, 7) is 0.865. The number of benzene rings is 1. The summed E-state index contributed by atoms with van der Waals surface area (Å²) in [5, 5.41) is 7.80. The van der Waals surface area contributed by atoms with Crippen LogP contribution in [0.5, 0.6) is 0 Å². The molecule has 0 radical (unpaired) electrons. The van der Waals surface area contributed by atoms with Crippen molar-refractivity contribution < 1.29 is 4.52 Å². The van der Waals surface area contributed by atoms with Gasteiger partial charge < -0.3 is 9.84 Å². The van der Waals surface area contributed by atoms with Gasteiger partial charge in [-0.1, -0.05) is 35.0 Å². The first-order valence-corrected chi connectivity index (χ1v) is 5.53. The lowest BCUT2D eigenvalue weighted by Gasteiger charge is -2.03. The van der Waals surface area contributed by atoms with Gasteiger partial charge in [-0.2, -0.15) is 0 Å². The molecule has 1 aromatic heterocycles. The maximum atomic E-state index is 6.14. The summed E-state index contributed by atoms with van der Waals surface area (Å²) in [6, 6.07) is 7.70. The van der Waals surface area contributed by atoms with Crippen LogP contribution in [0.1, 0.15) is 5.69 Å². The largest absolute Gasteiger partial charge is 0.364 e. The number of nitrogens with zero attached hydrogens (tertiary/aromatic N) is 1. The molecule has 1 N–H and O–H groups in total. The molecule has 0 fully saturated rings. The summed E-state index contributed by atoms with van der Waals surface area (Å²) >= 11 is 6.14. The van der Waals surface area contributed by atoms with Gasteiger partial charge >= 0.3 is 0 Å². The summed E-state index contributed by atoms with van der Waals surface area (Å²) in [6.07, 6.45) is 2.47. The van der Waals surface area contributed by atoms with Crippen LogP contribution < -0.4 is 5.32 Å². The summed E-state index contributed by atoms with van der Waals surface area (Å²) < 4.78 is 5.02. The molecule has 16 heavy (non-hydrogen) atoms. The van der Waals surface area contributed by atoms with Crippen LogP contribution in [0.2, 0.25) is 5.02 Å². The van der Waals surface area contributed by atoms with Crippen molar-refractivity contribution in [2.75, 3.05) is 13.6 Å². The Morgan fingerprint density at radius 1 is 1.31 bits per heavy atom. The van der Waals surface area contributed by atoms with E-state index in [0.717, 1.165) is 34.8 Å². The van der Waals surface area contributed by atoms with Crippen molar-refractivity contribution in [3.63, 3.8) is 0 Å². The minimum absolute atomic E-state index is 0.719. The van der Waals surface area contributed by atoms with Crippen molar-refractivity contribution in [2.24, 2.45) is 0 Å². The SMILES string of the molecule is CNCCc1nocc1-c1ccccc1Cl. The lowest BCUT2D eigenvalue weighted by Crippen LogP contribution is -2.10. The quantitative estimate of drug-likeness (QED) is 0.887. The van der Waals surface area contributed by atoms with E-state index in [0.29, 0.717) is 0 Å². The van der Waals surface area contributed by atoms with Crippen LogP contribution in [0.15, 0.2) is 35.1 Å². The molecule has 4 heteroatoms. The topological polar surface area (TPSA) is 38.1 Å². The normalized spacial score (nSPS) is 10.6. The first-order valence-electron chi connectivity index (χ1n) is 5.15. The average Bonchev–Trinajstić information content (AvgIpc) is 2.75. The maximum absolute atomic E-state index is 6.14. The van der Waals surface area contributed by atoms with Crippen LogP contribution in [0.4, 0.5) is 0 Å². The van der Waals surface area contributed by atoms with Gasteiger partial charge in [-0.3, -0.25) is 0 Å². The van der Waals surface area contributed by atoms with E-state index in [4.69, 9.17) is 16.1 Å². The number of aromatic nitrogens is 1. The highest BCUT2D eigenvalue weighted by Crippen LogP contribution is 2.29. The summed E-state index contributed by atoms with van der Waals surface area (Å²) in [7, 11) is 1.91. The van der Waals surface area contributed by atoms with Gasteiger partial charge in [0.25, 0.3) is 0 Å². The molecule has 0 saturated carbocycles. The van der Waals surface area contributed by atoms with E-state index in [2.05, 4.69) is 10.5 Å². The standard InChI is InChI=1S/C12H13ClN2O/c1-14-7-6-12-10(8-16-15-12)9-4-2-3-5-11(9)13/h2-5,8,14H,6-7H2,1H3. The third-order valence-corrected chi connectivity index (χ3v) is 2.75. The second-order valence-corrected chi connectivity index (χ2v) is 3.92. The molecule has 0 spiro atoms. The first kappa shape index (κ1) is 11.2. The Balaban J connectivity index is 2.33. The number of rotatable bonds is 4. The third kappa shape index (κ3) is 2.26. The van der Waals surface area contributed by atoms with Crippen molar-refractivity contribution >= 4 is 11.6 Å². The van der Waals surface area contributed by atoms with E-state index in [-0.39, 0.29) is 0 Å². The van der Waals surface area contributed by atoms with Crippen LogP contribution in [0.25, 0.3) is 11.1 Å². The predicted molar refractivity (Wildman–Crippen MR) is 64.6 cm³/mol. The molecule has 0 aliphatic rings. The minimum Gasteiger partial charge on any atom is -0.364 e. The fourth-order valence-corrected chi connectivity index (χ4v) is 1.82. The van der Waals surface area contributed by atoms with Gasteiger partial charge in [0.2, 0.25) is 0 Å². The highest BCUT2D eigenvalue weighted by molar-refractivity contribution is 6.33. The zero-order chi connectivity index (χ0) is 11.4. The Morgan fingerprint density at radius 3 is 2.88 bits per heavy atom. The highest BCUT2D eigenvalue weighted by atomic mass is 35.5. The molecule has 0 aliphatic carbocycles. The number of hydrogen-bond acceptors (Lipinski definition) is 3. The van der Waals surface area contributed by atoms with E-state index in [1.807, 2.05) is 31.3 Å². The lowest BCUT2D eigenvalue weighted by atomic mass is 10.1. The molecule has 0 atom stereocenters. The van der Waals surface area contributed by atoms with Gasteiger partial charge in [0.15, 0.2) is 0 Å². The number of halogens is 1. The first-order chi connectivity index (χ1) is 7.83. The average molecular weight is 237 g/mol. The number of hydrogen-bond donors (Lipinski definition) is 1. The van der Waals surface area contributed by atoms with Crippen LogP contribution in [-0.4, -0.2) is 18.7 Å². The van der Waals surface area contributed by atoms with E-state index in [1.54, 1.807) is 6.26 Å². The van der Waals surface area contributed by atoms with Crippen LogP contribution in [-0.2, 0) is 6.42 Å². The zero-order valence-corrected chi connectivity index (χ0v) is 9.79. The molecule has 0 saturated heterocycles. The molecule has 2 rings (SSSR count). The van der Waals surface area contributed by atoms with Gasteiger partial charge in [-0.05, 0) is 13.1 Å². The van der Waals surface area contributed by atoms with Crippen molar-refractivity contribution in [2.45, 2.75) is 6.42 Å². The molecule has 2 aromatic rings. The smallest absolute Gasteiger partial charge is 0.131 e. The molecule has 1 heterocycles. The monoisotopic (exact) mass is 236 g/mol. The van der Waals surface area contributed by atoms with Crippen LogP contribution >= 0.6 is 11.6 Å². The van der Waals surface area contributed by atoms with Crippen molar-refractivity contribution in [1.29, 1.82) is 0 Å². The van der Waals surface area contributed by atoms with E-state index in [9.17, 15) is 0 Å². The lowest BCUT2D eigenvalue weighted by molar-refractivity contribution is 0.411. The Bertz CT molecular complexity index is 468. The van der Waals surface area contributed by atoms with Crippen LogP contribution in [0.3, 0.4) is 0 Å². The third-order valence-electron chi connectivity index (χ3n) is 2.42. The summed E-state index contributed by atoms with van der Waals surface area (Å²) in [5.41, 5.74) is 2.87. The molecular weight excluding hydrogens is 224 g/mol. The predicted octanol–water partition coefficient (Wildman–Crippen LogP) is 2.76. The second-order valence-electron chi connectivity index (χ2n) is 3.51.